The number of nitrogens with zero attached hydrogens (tertiary/aromatic N) is 4. The van der Waals surface area contributed by atoms with Crippen molar-refractivity contribution in [3.8, 4) is 0 Å². The summed E-state index contributed by atoms with van der Waals surface area (Å²) < 4.78 is 4.32. The van der Waals surface area contributed by atoms with Crippen molar-refractivity contribution in [1.29, 1.82) is 0 Å². The van der Waals surface area contributed by atoms with Crippen molar-refractivity contribution in [2.45, 2.75) is 54.0 Å². The maximum absolute atomic E-state index is 12.7. The van der Waals surface area contributed by atoms with Crippen molar-refractivity contribution in [2.75, 3.05) is 5.75 Å². The fraction of sp³-hybridized carbons (Fsp3) is 0.333. The van der Waals surface area contributed by atoms with Gasteiger partial charge in [0.05, 0.1) is 27.8 Å². The minimum absolute atomic E-state index is 0.0396. The highest BCUT2D eigenvalue weighted by molar-refractivity contribution is 8.00. The molecule has 5 rings (SSSR count). The number of nitrogens with one attached hydrogen (secondary N) is 1. The Balaban J connectivity index is 1.19. The fourth-order valence-corrected chi connectivity index (χ4v) is 7.00. The molecule has 0 saturated carbocycles. The summed E-state index contributed by atoms with van der Waals surface area (Å²) in [6.07, 6.45) is 3.19. The normalized spacial score (nSPS) is 15.5. The average molecular weight is 496 g/mol. The van der Waals surface area contributed by atoms with Crippen LogP contribution in [0.2, 0.25) is 0 Å². The molecular formula is C24H25N5OS3. The van der Waals surface area contributed by atoms with Crippen LogP contribution in [0.15, 0.2) is 58.0 Å². The number of benzene rings is 2. The summed E-state index contributed by atoms with van der Waals surface area (Å²) in [5, 5.41) is 12.8. The second kappa shape index (κ2) is 10.3. The first-order valence-corrected chi connectivity index (χ1v) is 13.9. The van der Waals surface area contributed by atoms with Gasteiger partial charge in [-0.05, 0) is 49.4 Å². The minimum Gasteiger partial charge on any atom is -0.349 e. The number of fused-ring (bicyclic) bond motifs is 2. The Morgan fingerprint density at radius 3 is 2.88 bits per heavy atom. The van der Waals surface area contributed by atoms with Crippen molar-refractivity contribution in [3.05, 3.63) is 65.5 Å². The van der Waals surface area contributed by atoms with E-state index in [0.29, 0.717) is 11.5 Å². The van der Waals surface area contributed by atoms with Gasteiger partial charge in [-0.15, -0.1) is 21.5 Å². The SMILES string of the molecule is CCn1c(CSc2nc3ccccc3s2)nnc1SCC(=O)N[C@@H]1CCCc2ccccc21. The summed E-state index contributed by atoms with van der Waals surface area (Å²) in [4.78, 5) is 17.4. The molecule has 1 aliphatic carbocycles. The number of aromatic nitrogens is 4. The van der Waals surface area contributed by atoms with Gasteiger partial charge in [0, 0.05) is 6.54 Å². The Hall–Kier alpha value is -2.36. The molecule has 4 aromatic rings. The third kappa shape index (κ3) is 5.10. The van der Waals surface area contributed by atoms with Gasteiger partial charge >= 0.3 is 0 Å². The van der Waals surface area contributed by atoms with E-state index in [4.69, 9.17) is 0 Å². The summed E-state index contributed by atoms with van der Waals surface area (Å²) in [5.41, 5.74) is 3.64. The molecule has 2 aromatic heterocycles. The van der Waals surface area contributed by atoms with E-state index in [1.54, 1.807) is 23.1 Å². The van der Waals surface area contributed by atoms with Crippen LogP contribution in [0.25, 0.3) is 10.2 Å². The highest BCUT2D eigenvalue weighted by Gasteiger charge is 2.22. The number of carbonyl (C=O) groups excluding carboxylic acids is 1. The number of para-hydroxylation sites is 1. The van der Waals surface area contributed by atoms with Crippen molar-refractivity contribution >= 4 is 51.0 Å². The Morgan fingerprint density at radius 1 is 1.15 bits per heavy atom. The lowest BCUT2D eigenvalue weighted by molar-refractivity contribution is -0.119. The van der Waals surface area contributed by atoms with E-state index >= 15 is 0 Å². The number of amides is 1. The maximum atomic E-state index is 12.7. The van der Waals surface area contributed by atoms with E-state index in [-0.39, 0.29) is 11.9 Å². The molecule has 0 spiro atoms. The lowest BCUT2D eigenvalue weighted by Gasteiger charge is -2.26. The van der Waals surface area contributed by atoms with E-state index in [0.717, 1.165) is 46.6 Å². The van der Waals surface area contributed by atoms with Crippen molar-refractivity contribution in [1.82, 2.24) is 25.1 Å². The van der Waals surface area contributed by atoms with Gasteiger partial charge in [0.2, 0.25) is 5.91 Å². The lowest BCUT2D eigenvalue weighted by atomic mass is 9.88. The topological polar surface area (TPSA) is 72.7 Å². The quantitative estimate of drug-likeness (QED) is 0.326. The van der Waals surface area contributed by atoms with Crippen LogP contribution in [-0.2, 0) is 23.5 Å². The monoisotopic (exact) mass is 495 g/mol. The zero-order valence-electron chi connectivity index (χ0n) is 18.4. The van der Waals surface area contributed by atoms with Gasteiger partial charge in [0.1, 0.15) is 5.82 Å². The summed E-state index contributed by atoms with van der Waals surface area (Å²) in [6, 6.07) is 16.7. The summed E-state index contributed by atoms with van der Waals surface area (Å²) in [7, 11) is 0. The highest BCUT2D eigenvalue weighted by atomic mass is 32.2. The van der Waals surface area contributed by atoms with E-state index in [1.165, 1.54) is 27.6 Å². The molecule has 2 heterocycles. The van der Waals surface area contributed by atoms with Crippen molar-refractivity contribution in [3.63, 3.8) is 0 Å². The Labute approximate surface area is 205 Å². The molecule has 0 unspecified atom stereocenters. The molecule has 1 amide bonds. The lowest BCUT2D eigenvalue weighted by Crippen LogP contribution is -2.32. The third-order valence-corrected chi connectivity index (χ3v) is 8.89. The average Bonchev–Trinajstić information content (AvgIpc) is 3.44. The van der Waals surface area contributed by atoms with Crippen LogP contribution in [0.1, 0.15) is 42.8 Å². The van der Waals surface area contributed by atoms with Crippen LogP contribution in [0.5, 0.6) is 0 Å². The first-order chi connectivity index (χ1) is 16.2. The molecule has 9 heteroatoms. The van der Waals surface area contributed by atoms with Crippen LogP contribution in [0.3, 0.4) is 0 Å². The fourth-order valence-electron chi connectivity index (χ4n) is 4.16. The zero-order valence-corrected chi connectivity index (χ0v) is 20.8. The molecule has 170 valence electrons. The molecule has 6 nitrogen and oxygen atoms in total. The van der Waals surface area contributed by atoms with Gasteiger partial charge in [-0.3, -0.25) is 4.79 Å². The number of thiazole rings is 1. The predicted molar refractivity (Wildman–Crippen MR) is 136 cm³/mol. The van der Waals surface area contributed by atoms with E-state index in [2.05, 4.69) is 62.3 Å². The molecule has 1 N–H and O–H groups in total. The number of hydrogen-bond acceptors (Lipinski definition) is 7. The van der Waals surface area contributed by atoms with Crippen LogP contribution in [-0.4, -0.2) is 31.4 Å². The highest BCUT2D eigenvalue weighted by Crippen LogP contribution is 2.32. The van der Waals surface area contributed by atoms with E-state index in [9.17, 15) is 4.79 Å². The Bertz CT molecular complexity index is 1230. The smallest absolute Gasteiger partial charge is 0.230 e. The first-order valence-electron chi connectivity index (χ1n) is 11.1. The second-order valence-corrected chi connectivity index (χ2v) is 11.1. The number of carbonyl (C=O) groups is 1. The van der Waals surface area contributed by atoms with Crippen LogP contribution < -0.4 is 5.32 Å². The van der Waals surface area contributed by atoms with Gasteiger partial charge in [-0.1, -0.05) is 59.9 Å². The van der Waals surface area contributed by atoms with E-state index in [1.807, 2.05) is 18.2 Å². The molecule has 2 aromatic carbocycles. The molecule has 1 aliphatic rings. The number of thioether (sulfide) groups is 2. The summed E-state index contributed by atoms with van der Waals surface area (Å²) in [6.45, 7) is 2.85. The van der Waals surface area contributed by atoms with Gasteiger partial charge in [0.15, 0.2) is 9.50 Å². The standard InChI is InChI=1S/C24H25N5OS3/c1-2-29-21(14-32-24-26-19-11-5-6-13-20(19)33-24)27-28-23(29)31-15-22(30)25-18-12-7-9-16-8-3-4-10-17(16)18/h3-6,8,10-11,13,18H,2,7,9,12,14-15H2,1H3,(H,25,30)/t18-/m1/s1. The first kappa shape index (κ1) is 22.4. The Morgan fingerprint density at radius 2 is 2.00 bits per heavy atom. The molecule has 0 fully saturated rings. The van der Waals surface area contributed by atoms with Gasteiger partial charge in [-0.25, -0.2) is 4.98 Å². The van der Waals surface area contributed by atoms with Gasteiger partial charge in [-0.2, -0.15) is 0 Å². The summed E-state index contributed by atoms with van der Waals surface area (Å²) >= 11 is 4.83. The van der Waals surface area contributed by atoms with Crippen molar-refractivity contribution < 1.29 is 4.79 Å². The number of aryl methyl sites for hydroxylation is 1. The van der Waals surface area contributed by atoms with Crippen LogP contribution in [0.4, 0.5) is 0 Å². The molecule has 0 radical (unpaired) electrons. The molecule has 1 atom stereocenters. The van der Waals surface area contributed by atoms with Crippen LogP contribution in [0, 0.1) is 0 Å². The minimum atomic E-state index is 0.0396. The third-order valence-electron chi connectivity index (χ3n) is 5.75. The molecule has 0 saturated heterocycles. The molecule has 0 bridgehead atoms. The second-order valence-electron chi connectivity index (χ2n) is 7.88. The molecule has 33 heavy (non-hydrogen) atoms. The molecule has 0 aliphatic heterocycles. The largest absolute Gasteiger partial charge is 0.349 e. The maximum Gasteiger partial charge on any atom is 0.230 e. The van der Waals surface area contributed by atoms with Crippen molar-refractivity contribution in [2.24, 2.45) is 0 Å². The zero-order chi connectivity index (χ0) is 22.6. The van der Waals surface area contributed by atoms with Gasteiger partial charge < -0.3 is 9.88 Å². The van der Waals surface area contributed by atoms with E-state index < -0.39 is 0 Å². The predicted octanol–water partition coefficient (Wildman–Crippen LogP) is 5.49. The van der Waals surface area contributed by atoms with Crippen LogP contribution >= 0.6 is 34.9 Å². The molecular weight excluding hydrogens is 470 g/mol. The van der Waals surface area contributed by atoms with Gasteiger partial charge in [0.25, 0.3) is 0 Å². The number of hydrogen-bond donors (Lipinski definition) is 1. The Kier molecular flexibility index (Phi) is 6.99. The number of rotatable bonds is 8. The summed E-state index contributed by atoms with van der Waals surface area (Å²) in [5.74, 6) is 1.98.